The standard InChI is InChI=1S/C18H21NO/c1-3-9-17(10-4-1)15-19-13-7-8-14-20-16-18-11-5-2-6-12-18/h1-12,19H,13-16H2. The molecule has 0 aliphatic heterocycles. The van der Waals surface area contributed by atoms with E-state index >= 15 is 0 Å². The van der Waals surface area contributed by atoms with Gasteiger partial charge in [-0.25, -0.2) is 0 Å². The van der Waals surface area contributed by atoms with Gasteiger partial charge in [0.1, 0.15) is 0 Å². The van der Waals surface area contributed by atoms with Crippen molar-refractivity contribution in [1.29, 1.82) is 0 Å². The largest absolute Gasteiger partial charge is 0.373 e. The lowest BCUT2D eigenvalue weighted by atomic mass is 10.2. The number of hydrogen-bond acceptors (Lipinski definition) is 2. The highest BCUT2D eigenvalue weighted by atomic mass is 16.5. The van der Waals surface area contributed by atoms with Crippen LogP contribution in [0.2, 0.25) is 0 Å². The van der Waals surface area contributed by atoms with E-state index in [4.69, 9.17) is 4.74 Å². The molecule has 2 heteroatoms. The molecule has 0 radical (unpaired) electrons. The number of hydrogen-bond donors (Lipinski definition) is 1. The Balaban J connectivity index is 1.52. The highest BCUT2D eigenvalue weighted by Gasteiger charge is 1.90. The summed E-state index contributed by atoms with van der Waals surface area (Å²) in [5.41, 5.74) is 2.52. The Hall–Kier alpha value is -1.90. The molecule has 0 unspecified atom stereocenters. The van der Waals surface area contributed by atoms with Crippen LogP contribution in [0.1, 0.15) is 11.1 Å². The summed E-state index contributed by atoms with van der Waals surface area (Å²) in [4.78, 5) is 0. The van der Waals surface area contributed by atoms with E-state index < -0.39 is 0 Å². The smallest absolute Gasteiger partial charge is 0.0721 e. The van der Waals surface area contributed by atoms with Crippen LogP contribution in [0.25, 0.3) is 0 Å². The summed E-state index contributed by atoms with van der Waals surface area (Å²) in [6.45, 7) is 3.09. The molecule has 0 aromatic heterocycles. The van der Waals surface area contributed by atoms with Gasteiger partial charge in [0.2, 0.25) is 0 Å². The predicted molar refractivity (Wildman–Crippen MR) is 83.4 cm³/mol. The number of ether oxygens (including phenoxy) is 1. The van der Waals surface area contributed by atoms with Crippen molar-refractivity contribution in [3.63, 3.8) is 0 Å². The van der Waals surface area contributed by atoms with Crippen LogP contribution in [0.3, 0.4) is 0 Å². The molecule has 1 N–H and O–H groups in total. The Morgan fingerprint density at radius 1 is 0.800 bits per heavy atom. The van der Waals surface area contributed by atoms with Crippen LogP contribution in [0.4, 0.5) is 0 Å². The molecule has 0 saturated carbocycles. The topological polar surface area (TPSA) is 21.3 Å². The highest BCUT2D eigenvalue weighted by molar-refractivity contribution is 5.14. The molecule has 2 aromatic carbocycles. The Morgan fingerprint density at radius 2 is 1.45 bits per heavy atom. The molecule has 0 saturated heterocycles. The van der Waals surface area contributed by atoms with E-state index in [9.17, 15) is 0 Å². The van der Waals surface area contributed by atoms with Gasteiger partial charge in [-0.1, -0.05) is 72.8 Å². The van der Waals surface area contributed by atoms with E-state index in [1.165, 1.54) is 11.1 Å². The molecule has 20 heavy (non-hydrogen) atoms. The third kappa shape index (κ3) is 5.83. The Kier molecular flexibility index (Phi) is 6.58. The first-order valence-electron chi connectivity index (χ1n) is 6.96. The third-order valence-electron chi connectivity index (χ3n) is 2.93. The lowest BCUT2D eigenvalue weighted by Crippen LogP contribution is -2.12. The second kappa shape index (κ2) is 9.08. The van der Waals surface area contributed by atoms with Crippen LogP contribution >= 0.6 is 0 Å². The van der Waals surface area contributed by atoms with E-state index in [0.717, 1.165) is 13.1 Å². The number of nitrogens with one attached hydrogen (secondary N) is 1. The van der Waals surface area contributed by atoms with Crippen LogP contribution in [0.15, 0.2) is 72.8 Å². The van der Waals surface area contributed by atoms with E-state index in [2.05, 4.69) is 53.9 Å². The fraction of sp³-hybridized carbons (Fsp3) is 0.222. The molecule has 0 heterocycles. The summed E-state index contributed by atoms with van der Waals surface area (Å²) in [5, 5.41) is 3.37. The average Bonchev–Trinajstić information content (AvgIpc) is 2.52. The fourth-order valence-corrected chi connectivity index (χ4v) is 1.87. The number of rotatable bonds is 8. The molecular weight excluding hydrogens is 246 g/mol. The molecular formula is C18H21NO. The van der Waals surface area contributed by atoms with Crippen molar-refractivity contribution in [2.45, 2.75) is 13.2 Å². The van der Waals surface area contributed by atoms with Crippen molar-refractivity contribution in [3.05, 3.63) is 83.9 Å². The third-order valence-corrected chi connectivity index (χ3v) is 2.93. The summed E-state index contributed by atoms with van der Waals surface area (Å²) in [5.74, 6) is 0. The second-order valence-corrected chi connectivity index (χ2v) is 4.59. The fourth-order valence-electron chi connectivity index (χ4n) is 1.87. The molecule has 0 aliphatic rings. The average molecular weight is 267 g/mol. The van der Waals surface area contributed by atoms with Crippen LogP contribution in [0.5, 0.6) is 0 Å². The summed E-state index contributed by atoms with van der Waals surface area (Å²) < 4.78 is 5.57. The van der Waals surface area contributed by atoms with Gasteiger partial charge in [-0.15, -0.1) is 0 Å². The molecule has 2 rings (SSSR count). The monoisotopic (exact) mass is 267 g/mol. The van der Waals surface area contributed by atoms with Gasteiger partial charge in [0, 0.05) is 13.1 Å². The maximum Gasteiger partial charge on any atom is 0.0721 e. The Morgan fingerprint density at radius 3 is 2.15 bits per heavy atom. The number of benzene rings is 2. The molecule has 0 bridgehead atoms. The SMILES string of the molecule is C(=CCOCc1ccccc1)CNCc1ccccc1. The van der Waals surface area contributed by atoms with Crippen LogP contribution in [-0.4, -0.2) is 13.2 Å². The molecule has 104 valence electrons. The first-order chi connectivity index (χ1) is 9.95. The van der Waals surface area contributed by atoms with Gasteiger partial charge < -0.3 is 10.1 Å². The molecule has 0 amide bonds. The van der Waals surface area contributed by atoms with Gasteiger partial charge in [-0.3, -0.25) is 0 Å². The van der Waals surface area contributed by atoms with Crippen molar-refractivity contribution >= 4 is 0 Å². The zero-order valence-electron chi connectivity index (χ0n) is 11.7. The van der Waals surface area contributed by atoms with Crippen molar-refractivity contribution in [3.8, 4) is 0 Å². The van der Waals surface area contributed by atoms with Crippen LogP contribution < -0.4 is 5.32 Å². The van der Waals surface area contributed by atoms with Gasteiger partial charge in [0.05, 0.1) is 13.2 Å². The summed E-state index contributed by atoms with van der Waals surface area (Å²) >= 11 is 0. The quantitative estimate of drug-likeness (QED) is 0.583. The Bertz CT molecular complexity index is 446. The minimum Gasteiger partial charge on any atom is -0.373 e. The van der Waals surface area contributed by atoms with Gasteiger partial charge in [-0.05, 0) is 11.1 Å². The molecule has 2 aromatic rings. The van der Waals surface area contributed by atoms with Gasteiger partial charge in [-0.2, -0.15) is 0 Å². The first-order valence-corrected chi connectivity index (χ1v) is 6.96. The minimum absolute atomic E-state index is 0.655. The van der Waals surface area contributed by atoms with E-state index in [-0.39, 0.29) is 0 Å². The van der Waals surface area contributed by atoms with E-state index in [1.54, 1.807) is 0 Å². The van der Waals surface area contributed by atoms with Crippen molar-refractivity contribution in [2.75, 3.05) is 13.2 Å². The second-order valence-electron chi connectivity index (χ2n) is 4.59. The van der Waals surface area contributed by atoms with Crippen molar-refractivity contribution < 1.29 is 4.74 Å². The molecule has 0 fully saturated rings. The zero-order valence-corrected chi connectivity index (χ0v) is 11.7. The van der Waals surface area contributed by atoms with E-state index in [1.807, 2.05) is 24.3 Å². The molecule has 2 nitrogen and oxygen atoms in total. The highest BCUT2D eigenvalue weighted by Crippen LogP contribution is 2.00. The zero-order chi connectivity index (χ0) is 13.9. The lowest BCUT2D eigenvalue weighted by Gasteiger charge is -2.02. The maximum atomic E-state index is 5.57. The van der Waals surface area contributed by atoms with Crippen LogP contribution in [0, 0.1) is 0 Å². The molecule has 0 aliphatic carbocycles. The minimum atomic E-state index is 0.655. The van der Waals surface area contributed by atoms with Crippen molar-refractivity contribution in [1.82, 2.24) is 5.32 Å². The Labute approximate surface area is 121 Å². The normalized spacial score (nSPS) is 11.0. The van der Waals surface area contributed by atoms with Crippen molar-refractivity contribution in [2.24, 2.45) is 0 Å². The van der Waals surface area contributed by atoms with Gasteiger partial charge in [0.15, 0.2) is 0 Å². The lowest BCUT2D eigenvalue weighted by molar-refractivity contribution is 0.148. The van der Waals surface area contributed by atoms with E-state index in [0.29, 0.717) is 13.2 Å². The maximum absolute atomic E-state index is 5.57. The van der Waals surface area contributed by atoms with Gasteiger partial charge in [0.25, 0.3) is 0 Å². The molecule has 0 spiro atoms. The summed E-state index contributed by atoms with van der Waals surface area (Å²) in [7, 11) is 0. The molecule has 0 atom stereocenters. The predicted octanol–water partition coefficient (Wildman–Crippen LogP) is 3.55. The van der Waals surface area contributed by atoms with Gasteiger partial charge >= 0.3 is 0 Å². The first kappa shape index (κ1) is 14.5. The van der Waals surface area contributed by atoms with Crippen LogP contribution in [-0.2, 0) is 17.9 Å². The summed E-state index contributed by atoms with van der Waals surface area (Å²) in [6, 6.07) is 20.6. The summed E-state index contributed by atoms with van der Waals surface area (Å²) in [6.07, 6.45) is 4.16.